The highest BCUT2D eigenvalue weighted by molar-refractivity contribution is 9.10. The molecule has 110 valence electrons. The molecular formula is C16H16BrNO3. The lowest BCUT2D eigenvalue weighted by atomic mass is 10.1. The maximum absolute atomic E-state index is 12.0. The third-order valence-corrected chi connectivity index (χ3v) is 3.48. The lowest BCUT2D eigenvalue weighted by Crippen LogP contribution is -2.11. The van der Waals surface area contributed by atoms with Gasteiger partial charge < -0.3 is 15.2 Å². The lowest BCUT2D eigenvalue weighted by Gasteiger charge is -2.10. The largest absolute Gasteiger partial charge is 0.435 e. The summed E-state index contributed by atoms with van der Waals surface area (Å²) < 4.78 is 11.2. The van der Waals surface area contributed by atoms with Crippen LogP contribution in [0.5, 0.6) is 0 Å². The van der Waals surface area contributed by atoms with Gasteiger partial charge in [0.2, 0.25) is 0 Å². The summed E-state index contributed by atoms with van der Waals surface area (Å²) in [7, 11) is 0. The first-order valence-electron chi connectivity index (χ1n) is 6.42. The van der Waals surface area contributed by atoms with E-state index in [1.165, 1.54) is 0 Å². The second-order valence-corrected chi connectivity index (χ2v) is 5.47. The Hall–Kier alpha value is -1.85. The Morgan fingerprint density at radius 3 is 2.67 bits per heavy atom. The first-order chi connectivity index (χ1) is 10.1. The minimum atomic E-state index is -0.450. The molecule has 5 heteroatoms. The molecule has 4 nitrogen and oxygen atoms in total. The van der Waals surface area contributed by atoms with Crippen molar-refractivity contribution in [2.75, 3.05) is 12.5 Å². The van der Waals surface area contributed by atoms with Crippen LogP contribution in [0.4, 0.5) is 5.69 Å². The second kappa shape index (κ2) is 7.24. The molecule has 0 aliphatic rings. The summed E-state index contributed by atoms with van der Waals surface area (Å²) in [4.78, 5) is 12.0. The first-order valence-corrected chi connectivity index (χ1v) is 7.21. The number of benzene rings is 2. The van der Waals surface area contributed by atoms with Crippen LogP contribution < -0.4 is 5.73 Å². The summed E-state index contributed by atoms with van der Waals surface area (Å²) in [5.41, 5.74) is 8.52. The Morgan fingerprint density at radius 1 is 1.24 bits per heavy atom. The number of hydrogen-bond donors (Lipinski definition) is 1. The van der Waals surface area contributed by atoms with Crippen molar-refractivity contribution in [3.63, 3.8) is 0 Å². The number of carbonyl (C=O) groups excluding carboxylic acids is 1. The quantitative estimate of drug-likeness (QED) is 0.387. The molecule has 0 bridgehead atoms. The van der Waals surface area contributed by atoms with E-state index in [-0.39, 0.29) is 6.79 Å². The van der Waals surface area contributed by atoms with Gasteiger partial charge in [0, 0.05) is 10.2 Å². The Labute approximate surface area is 132 Å². The molecule has 0 unspecified atom stereocenters. The monoisotopic (exact) mass is 349 g/mol. The van der Waals surface area contributed by atoms with E-state index in [2.05, 4.69) is 15.9 Å². The van der Waals surface area contributed by atoms with E-state index in [0.29, 0.717) is 23.4 Å². The Kier molecular flexibility index (Phi) is 5.36. The summed E-state index contributed by atoms with van der Waals surface area (Å²) >= 11 is 3.31. The SMILES string of the molecule is Cc1c(N)cc(Br)cc1C(=O)OCOCc1ccccc1. The molecule has 0 amide bonds. The van der Waals surface area contributed by atoms with Crippen LogP contribution in [0.25, 0.3) is 0 Å². The van der Waals surface area contributed by atoms with Crippen molar-refractivity contribution in [3.8, 4) is 0 Å². The molecule has 2 aromatic carbocycles. The van der Waals surface area contributed by atoms with Gasteiger partial charge in [-0.2, -0.15) is 0 Å². The average Bonchev–Trinajstić information content (AvgIpc) is 2.48. The molecule has 2 N–H and O–H groups in total. The molecule has 0 saturated carbocycles. The van der Waals surface area contributed by atoms with Gasteiger partial charge in [-0.3, -0.25) is 0 Å². The van der Waals surface area contributed by atoms with Crippen LogP contribution in [0.15, 0.2) is 46.9 Å². The highest BCUT2D eigenvalue weighted by Crippen LogP contribution is 2.23. The zero-order chi connectivity index (χ0) is 15.2. The van der Waals surface area contributed by atoms with Gasteiger partial charge in [-0.25, -0.2) is 4.79 Å². The number of halogens is 1. The fourth-order valence-corrected chi connectivity index (χ4v) is 2.29. The minimum Gasteiger partial charge on any atom is -0.435 e. The van der Waals surface area contributed by atoms with Crippen LogP contribution in [0, 0.1) is 6.92 Å². The van der Waals surface area contributed by atoms with Crippen LogP contribution in [0.2, 0.25) is 0 Å². The molecule has 0 fully saturated rings. The van der Waals surface area contributed by atoms with E-state index in [1.54, 1.807) is 19.1 Å². The van der Waals surface area contributed by atoms with Gasteiger partial charge in [-0.05, 0) is 30.2 Å². The normalized spacial score (nSPS) is 10.4. The van der Waals surface area contributed by atoms with Gasteiger partial charge >= 0.3 is 5.97 Å². The van der Waals surface area contributed by atoms with Crippen molar-refractivity contribution in [1.29, 1.82) is 0 Å². The predicted molar refractivity (Wildman–Crippen MR) is 84.8 cm³/mol. The standard InChI is InChI=1S/C16H16BrNO3/c1-11-14(7-13(17)8-15(11)18)16(19)21-10-20-9-12-5-3-2-4-6-12/h2-8H,9-10,18H2,1H3. The predicted octanol–water partition coefficient (Wildman–Crippen LogP) is 3.67. The number of esters is 1. The summed E-state index contributed by atoms with van der Waals surface area (Å²) in [5, 5.41) is 0. The highest BCUT2D eigenvalue weighted by Gasteiger charge is 2.13. The molecule has 21 heavy (non-hydrogen) atoms. The first kappa shape index (κ1) is 15.5. The maximum atomic E-state index is 12.0. The second-order valence-electron chi connectivity index (χ2n) is 4.55. The maximum Gasteiger partial charge on any atom is 0.340 e. The van der Waals surface area contributed by atoms with Gasteiger partial charge in [0.25, 0.3) is 0 Å². The molecule has 0 heterocycles. The Morgan fingerprint density at radius 2 is 1.95 bits per heavy atom. The van der Waals surface area contributed by atoms with Crippen LogP contribution in [0.1, 0.15) is 21.5 Å². The smallest absolute Gasteiger partial charge is 0.340 e. The van der Waals surface area contributed by atoms with E-state index in [9.17, 15) is 4.79 Å². The van der Waals surface area contributed by atoms with Crippen molar-refractivity contribution >= 4 is 27.6 Å². The van der Waals surface area contributed by atoms with Crippen molar-refractivity contribution in [2.24, 2.45) is 0 Å². The van der Waals surface area contributed by atoms with E-state index in [1.807, 2.05) is 30.3 Å². The molecule has 0 aliphatic heterocycles. The molecule has 2 rings (SSSR count). The molecule has 0 radical (unpaired) electrons. The summed E-state index contributed by atoms with van der Waals surface area (Å²) in [6.45, 7) is 2.08. The molecule has 2 aromatic rings. The van der Waals surface area contributed by atoms with E-state index < -0.39 is 5.97 Å². The van der Waals surface area contributed by atoms with Gasteiger partial charge in [-0.15, -0.1) is 0 Å². The molecule has 0 spiro atoms. The van der Waals surface area contributed by atoms with Crippen molar-refractivity contribution in [1.82, 2.24) is 0 Å². The van der Waals surface area contributed by atoms with Crippen molar-refractivity contribution in [3.05, 3.63) is 63.6 Å². The summed E-state index contributed by atoms with van der Waals surface area (Å²) in [6.07, 6.45) is 0. The molecule has 0 saturated heterocycles. The number of ether oxygens (including phenoxy) is 2. The molecule has 0 aliphatic carbocycles. The van der Waals surface area contributed by atoms with Gasteiger partial charge in [0.05, 0.1) is 12.2 Å². The third kappa shape index (κ3) is 4.31. The molecular weight excluding hydrogens is 334 g/mol. The minimum absolute atomic E-state index is 0.0976. The topological polar surface area (TPSA) is 61.6 Å². The van der Waals surface area contributed by atoms with Crippen molar-refractivity contribution in [2.45, 2.75) is 13.5 Å². The van der Waals surface area contributed by atoms with Crippen LogP contribution in [-0.2, 0) is 16.1 Å². The van der Waals surface area contributed by atoms with Crippen LogP contribution in [0.3, 0.4) is 0 Å². The summed E-state index contributed by atoms with van der Waals surface area (Å²) in [6, 6.07) is 13.1. The number of nitrogen functional groups attached to an aromatic ring is 1. The number of rotatable bonds is 5. The van der Waals surface area contributed by atoms with E-state index >= 15 is 0 Å². The van der Waals surface area contributed by atoms with Crippen LogP contribution in [-0.4, -0.2) is 12.8 Å². The third-order valence-electron chi connectivity index (χ3n) is 3.02. The average molecular weight is 350 g/mol. The van der Waals surface area contributed by atoms with E-state index in [4.69, 9.17) is 15.2 Å². The zero-order valence-electron chi connectivity index (χ0n) is 11.6. The van der Waals surface area contributed by atoms with E-state index in [0.717, 1.165) is 10.0 Å². The van der Waals surface area contributed by atoms with Crippen molar-refractivity contribution < 1.29 is 14.3 Å². The fraction of sp³-hybridized carbons (Fsp3) is 0.188. The zero-order valence-corrected chi connectivity index (χ0v) is 13.2. The van der Waals surface area contributed by atoms with Crippen LogP contribution >= 0.6 is 15.9 Å². The summed E-state index contributed by atoms with van der Waals surface area (Å²) in [5.74, 6) is -0.450. The number of nitrogens with two attached hydrogens (primary N) is 1. The van der Waals surface area contributed by atoms with Gasteiger partial charge in [0.1, 0.15) is 0 Å². The van der Waals surface area contributed by atoms with Gasteiger partial charge in [0.15, 0.2) is 6.79 Å². The Bertz CT molecular complexity index is 629. The molecule has 0 aromatic heterocycles. The fourth-order valence-electron chi connectivity index (χ4n) is 1.82. The Balaban J connectivity index is 1.88. The highest BCUT2D eigenvalue weighted by atomic mass is 79.9. The number of anilines is 1. The molecule has 0 atom stereocenters. The number of hydrogen-bond acceptors (Lipinski definition) is 4. The van der Waals surface area contributed by atoms with Gasteiger partial charge in [-0.1, -0.05) is 46.3 Å². The number of carbonyl (C=O) groups is 1. The lowest BCUT2D eigenvalue weighted by molar-refractivity contribution is -0.0381.